The molecule has 2 fully saturated rings. The van der Waals surface area contributed by atoms with Crippen molar-refractivity contribution in [2.45, 2.75) is 19.4 Å². The number of rotatable bonds is 7. The minimum Gasteiger partial charge on any atom is -0.872 e. The van der Waals surface area contributed by atoms with Gasteiger partial charge in [0.25, 0.3) is 5.91 Å². The van der Waals surface area contributed by atoms with Crippen molar-refractivity contribution >= 4 is 17.4 Å². The normalized spacial score (nSPS) is 20.1. The molecule has 0 spiro atoms. The Bertz CT molecular complexity index is 1330. The van der Waals surface area contributed by atoms with Gasteiger partial charge in [0.1, 0.15) is 18.9 Å². The summed E-state index contributed by atoms with van der Waals surface area (Å²) in [6, 6.07) is 14.2. The van der Waals surface area contributed by atoms with Crippen molar-refractivity contribution in [3.63, 3.8) is 0 Å². The number of amides is 1. The fourth-order valence-corrected chi connectivity index (χ4v) is 5.14. The summed E-state index contributed by atoms with van der Waals surface area (Å²) < 4.78 is 22.0. The summed E-state index contributed by atoms with van der Waals surface area (Å²) in [7, 11) is 0. The molecule has 8 nitrogen and oxygen atoms in total. The van der Waals surface area contributed by atoms with Crippen molar-refractivity contribution < 1.29 is 28.7 Å². The number of ketones is 1. The number of para-hydroxylation sites is 1. The van der Waals surface area contributed by atoms with Crippen molar-refractivity contribution in [2.24, 2.45) is 0 Å². The maximum atomic E-state index is 15.0. The lowest BCUT2D eigenvalue weighted by Crippen LogP contribution is -3.14. The topological polar surface area (TPSA) is 91.9 Å². The van der Waals surface area contributed by atoms with Crippen molar-refractivity contribution in [1.82, 2.24) is 14.7 Å². The molecule has 1 amide bonds. The highest BCUT2D eigenvalue weighted by Crippen LogP contribution is 2.40. The molecule has 1 atom stereocenters. The third-order valence-corrected chi connectivity index (χ3v) is 7.11. The number of aromatic nitrogens is 2. The number of carbonyl (C=O) groups is 2. The summed E-state index contributed by atoms with van der Waals surface area (Å²) in [5.74, 6) is -2.83. The third-order valence-electron chi connectivity index (χ3n) is 7.11. The van der Waals surface area contributed by atoms with Gasteiger partial charge in [-0.1, -0.05) is 42.2 Å². The zero-order chi connectivity index (χ0) is 25.9. The number of ether oxygens (including phenoxy) is 1. The molecule has 3 heterocycles. The van der Waals surface area contributed by atoms with Gasteiger partial charge in [-0.3, -0.25) is 9.59 Å². The number of nitrogens with one attached hydrogen (secondary N) is 1. The van der Waals surface area contributed by atoms with Crippen LogP contribution in [-0.4, -0.2) is 65.8 Å². The minimum atomic E-state index is -1.09. The molecule has 2 aromatic carbocycles. The van der Waals surface area contributed by atoms with Crippen LogP contribution in [0.1, 0.15) is 29.3 Å². The predicted octanol–water partition coefficient (Wildman–Crippen LogP) is 0.849. The number of benzene rings is 2. The van der Waals surface area contributed by atoms with Gasteiger partial charge in [-0.25, -0.2) is 9.07 Å². The van der Waals surface area contributed by atoms with Gasteiger partial charge in [-0.2, -0.15) is 5.10 Å². The largest absolute Gasteiger partial charge is 0.872 e. The molecule has 1 aromatic heterocycles. The van der Waals surface area contributed by atoms with Gasteiger partial charge in [0.05, 0.1) is 37.7 Å². The van der Waals surface area contributed by atoms with E-state index in [0.717, 1.165) is 25.3 Å². The van der Waals surface area contributed by atoms with Crippen molar-refractivity contribution in [1.29, 1.82) is 0 Å². The maximum Gasteiger partial charge on any atom is 0.295 e. The van der Waals surface area contributed by atoms with E-state index in [9.17, 15) is 14.7 Å². The average molecular weight is 505 g/mol. The Morgan fingerprint density at radius 2 is 1.81 bits per heavy atom. The van der Waals surface area contributed by atoms with Gasteiger partial charge in [0.15, 0.2) is 0 Å². The summed E-state index contributed by atoms with van der Waals surface area (Å²) in [4.78, 5) is 29.1. The molecule has 9 heteroatoms. The standard InChI is InChI=1S/C28H29FN4O4/c1-19-22(18-30-33(19)20-8-3-2-4-9-20)26(34)24-25(21-10-5-6-11-23(21)29)32(28(36)27(24)35)13-7-12-31-14-16-37-17-15-31/h2-6,8-11,18,25,34H,7,12-17H2,1H3/b26-24+. The first-order valence-corrected chi connectivity index (χ1v) is 12.5. The molecule has 2 aliphatic heterocycles. The van der Waals surface area contributed by atoms with E-state index in [2.05, 4.69) is 5.10 Å². The molecule has 37 heavy (non-hydrogen) atoms. The average Bonchev–Trinajstić information content (AvgIpc) is 3.42. The first kappa shape index (κ1) is 24.9. The molecule has 0 saturated carbocycles. The highest BCUT2D eigenvalue weighted by atomic mass is 19.1. The Balaban J connectivity index is 1.52. The summed E-state index contributed by atoms with van der Waals surface area (Å²) in [5.41, 5.74) is 1.41. The molecule has 1 N–H and O–H groups in total. The Kier molecular flexibility index (Phi) is 7.16. The second-order valence-corrected chi connectivity index (χ2v) is 9.35. The molecule has 3 aromatic rings. The zero-order valence-corrected chi connectivity index (χ0v) is 20.7. The SMILES string of the molecule is Cc1c(/C([O-])=C2\C(=O)C(=O)N(CCC[NH+]3CCOCC3)C2c2ccccc2F)cnn1-c1ccccc1. The number of hydrogen-bond acceptors (Lipinski definition) is 5. The van der Waals surface area contributed by atoms with Gasteiger partial charge in [-0.15, -0.1) is 0 Å². The number of Topliss-reactive ketones (excluding diaryl/α,β-unsaturated/α-hetero) is 1. The van der Waals surface area contributed by atoms with Crippen molar-refractivity contribution in [2.75, 3.05) is 39.4 Å². The fraction of sp³-hybridized carbons (Fsp3) is 0.321. The second-order valence-electron chi connectivity index (χ2n) is 9.35. The number of halogens is 1. The van der Waals surface area contributed by atoms with Gasteiger partial charge in [0, 0.05) is 35.4 Å². The van der Waals surface area contributed by atoms with E-state index >= 15 is 4.39 Å². The molecule has 0 radical (unpaired) electrons. The van der Waals surface area contributed by atoms with Crippen LogP contribution in [0.2, 0.25) is 0 Å². The number of morpholine rings is 1. The smallest absolute Gasteiger partial charge is 0.295 e. The Morgan fingerprint density at radius 1 is 1.11 bits per heavy atom. The van der Waals surface area contributed by atoms with Crippen LogP contribution >= 0.6 is 0 Å². The molecule has 0 bridgehead atoms. The number of hydrogen-bond donors (Lipinski definition) is 1. The molecule has 2 aliphatic rings. The van der Waals surface area contributed by atoms with Gasteiger partial charge in [-0.05, 0) is 25.1 Å². The highest BCUT2D eigenvalue weighted by molar-refractivity contribution is 6.46. The highest BCUT2D eigenvalue weighted by Gasteiger charge is 2.45. The van der Waals surface area contributed by atoms with E-state index < -0.39 is 29.3 Å². The quantitative estimate of drug-likeness (QED) is 0.293. The summed E-state index contributed by atoms with van der Waals surface area (Å²) in [6.07, 6.45) is 2.02. The minimum absolute atomic E-state index is 0.136. The van der Waals surface area contributed by atoms with Crippen LogP contribution in [0.5, 0.6) is 0 Å². The van der Waals surface area contributed by atoms with Crippen LogP contribution in [0.4, 0.5) is 4.39 Å². The van der Waals surface area contributed by atoms with Gasteiger partial charge in [0.2, 0.25) is 5.78 Å². The lowest BCUT2D eigenvalue weighted by molar-refractivity contribution is -0.908. The molecule has 1 unspecified atom stereocenters. The first-order valence-electron chi connectivity index (χ1n) is 12.5. The fourth-order valence-electron chi connectivity index (χ4n) is 5.14. The van der Waals surface area contributed by atoms with Gasteiger partial charge >= 0.3 is 0 Å². The third kappa shape index (κ3) is 4.80. The van der Waals surface area contributed by atoms with E-state index in [4.69, 9.17) is 4.74 Å². The van der Waals surface area contributed by atoms with Gasteiger partial charge < -0.3 is 19.6 Å². The summed E-state index contributed by atoms with van der Waals surface area (Å²) in [5, 5.41) is 18.1. The van der Waals surface area contributed by atoms with Crippen LogP contribution in [0, 0.1) is 12.7 Å². The number of likely N-dealkylation sites (tertiary alicyclic amines) is 1. The second kappa shape index (κ2) is 10.7. The Labute approximate surface area is 214 Å². The number of quaternary nitrogens is 1. The Morgan fingerprint density at radius 3 is 2.54 bits per heavy atom. The van der Waals surface area contributed by atoms with E-state index in [1.54, 1.807) is 23.7 Å². The van der Waals surface area contributed by atoms with Crippen LogP contribution in [0.15, 0.2) is 66.4 Å². The van der Waals surface area contributed by atoms with Crippen molar-refractivity contribution in [3.05, 3.63) is 89.0 Å². The summed E-state index contributed by atoms with van der Waals surface area (Å²) in [6.45, 7) is 5.91. The first-order chi connectivity index (χ1) is 18.0. The molecule has 192 valence electrons. The lowest BCUT2D eigenvalue weighted by Gasteiger charge is -2.29. The molecular weight excluding hydrogens is 475 g/mol. The number of nitrogens with zero attached hydrogens (tertiary/aromatic N) is 3. The van der Waals surface area contributed by atoms with E-state index in [1.807, 2.05) is 30.3 Å². The van der Waals surface area contributed by atoms with Crippen molar-refractivity contribution in [3.8, 4) is 5.69 Å². The van der Waals surface area contributed by atoms with Crippen LogP contribution < -0.4 is 10.0 Å². The molecule has 2 saturated heterocycles. The van der Waals surface area contributed by atoms with E-state index in [0.29, 0.717) is 25.3 Å². The van der Waals surface area contributed by atoms with Crippen LogP contribution in [-0.2, 0) is 14.3 Å². The van der Waals surface area contributed by atoms with Crippen LogP contribution in [0.3, 0.4) is 0 Å². The maximum absolute atomic E-state index is 15.0. The predicted molar refractivity (Wildman–Crippen MR) is 132 cm³/mol. The Hall–Kier alpha value is -3.82. The van der Waals surface area contributed by atoms with Crippen LogP contribution in [0.25, 0.3) is 11.4 Å². The summed E-state index contributed by atoms with van der Waals surface area (Å²) >= 11 is 0. The lowest BCUT2D eigenvalue weighted by atomic mass is 9.95. The molecule has 5 rings (SSSR count). The monoisotopic (exact) mass is 504 g/mol. The van der Waals surface area contributed by atoms with E-state index in [-0.39, 0.29) is 23.2 Å². The molecule has 0 aliphatic carbocycles. The van der Waals surface area contributed by atoms with E-state index in [1.165, 1.54) is 28.1 Å². The number of carbonyl (C=O) groups excluding carboxylic acids is 2. The zero-order valence-electron chi connectivity index (χ0n) is 20.7. The molecular formula is C28H29FN4O4.